The SMILES string of the molecule is CCC1CN(CCCCOC)CCC1O. The van der Waals surface area contributed by atoms with Crippen molar-refractivity contribution in [2.75, 3.05) is 33.4 Å². The fourth-order valence-electron chi connectivity index (χ4n) is 2.28. The van der Waals surface area contributed by atoms with Gasteiger partial charge in [0.15, 0.2) is 0 Å². The third-order valence-corrected chi connectivity index (χ3v) is 3.38. The van der Waals surface area contributed by atoms with Gasteiger partial charge in [-0.15, -0.1) is 0 Å². The fourth-order valence-corrected chi connectivity index (χ4v) is 2.28. The van der Waals surface area contributed by atoms with E-state index < -0.39 is 0 Å². The summed E-state index contributed by atoms with van der Waals surface area (Å²) in [6.07, 6.45) is 4.33. The molecule has 0 aromatic heterocycles. The Balaban J connectivity index is 2.14. The average Bonchev–Trinajstić information content (AvgIpc) is 2.26. The summed E-state index contributed by atoms with van der Waals surface area (Å²) in [6, 6.07) is 0. The van der Waals surface area contributed by atoms with Crippen LogP contribution in [0.4, 0.5) is 0 Å². The van der Waals surface area contributed by atoms with Crippen LogP contribution in [0.3, 0.4) is 0 Å². The molecule has 1 saturated heterocycles. The molecule has 1 fully saturated rings. The van der Waals surface area contributed by atoms with E-state index in [0.717, 1.165) is 45.5 Å². The molecule has 1 rings (SSSR count). The van der Waals surface area contributed by atoms with Crippen LogP contribution in [0.1, 0.15) is 32.6 Å². The van der Waals surface area contributed by atoms with Crippen LogP contribution in [0, 0.1) is 5.92 Å². The van der Waals surface area contributed by atoms with Gasteiger partial charge in [-0.3, -0.25) is 0 Å². The van der Waals surface area contributed by atoms with E-state index in [0.29, 0.717) is 5.92 Å². The van der Waals surface area contributed by atoms with Crippen LogP contribution in [-0.4, -0.2) is 49.5 Å². The van der Waals surface area contributed by atoms with Crippen LogP contribution < -0.4 is 0 Å². The minimum absolute atomic E-state index is 0.0646. The fraction of sp³-hybridized carbons (Fsp3) is 1.00. The van der Waals surface area contributed by atoms with E-state index in [4.69, 9.17) is 4.74 Å². The Kier molecular flexibility index (Phi) is 6.22. The molecule has 3 nitrogen and oxygen atoms in total. The van der Waals surface area contributed by atoms with Crippen molar-refractivity contribution in [2.24, 2.45) is 5.92 Å². The zero-order valence-electron chi connectivity index (χ0n) is 10.1. The van der Waals surface area contributed by atoms with Gasteiger partial charge < -0.3 is 14.7 Å². The van der Waals surface area contributed by atoms with Crippen LogP contribution >= 0.6 is 0 Å². The molecule has 0 aromatic rings. The van der Waals surface area contributed by atoms with Crippen molar-refractivity contribution in [3.05, 3.63) is 0 Å². The number of hydrogen-bond acceptors (Lipinski definition) is 3. The first-order chi connectivity index (χ1) is 7.27. The number of unbranched alkanes of at least 4 members (excludes halogenated alkanes) is 1. The Hall–Kier alpha value is -0.120. The Labute approximate surface area is 93.4 Å². The van der Waals surface area contributed by atoms with Gasteiger partial charge in [0.05, 0.1) is 6.10 Å². The third-order valence-electron chi connectivity index (χ3n) is 3.38. The highest BCUT2D eigenvalue weighted by Crippen LogP contribution is 2.20. The van der Waals surface area contributed by atoms with Gasteiger partial charge in [0, 0.05) is 26.8 Å². The Morgan fingerprint density at radius 2 is 2.20 bits per heavy atom. The van der Waals surface area contributed by atoms with Gasteiger partial charge in [0.25, 0.3) is 0 Å². The first-order valence-electron chi connectivity index (χ1n) is 6.17. The first-order valence-corrected chi connectivity index (χ1v) is 6.17. The van der Waals surface area contributed by atoms with Gasteiger partial charge in [-0.2, -0.15) is 0 Å². The van der Waals surface area contributed by atoms with Crippen LogP contribution in [0.15, 0.2) is 0 Å². The summed E-state index contributed by atoms with van der Waals surface area (Å²) in [5.41, 5.74) is 0. The van der Waals surface area contributed by atoms with Gasteiger partial charge in [-0.1, -0.05) is 6.92 Å². The predicted molar refractivity (Wildman–Crippen MR) is 62.0 cm³/mol. The largest absolute Gasteiger partial charge is 0.393 e. The van der Waals surface area contributed by atoms with E-state index >= 15 is 0 Å². The molecule has 0 spiro atoms. The lowest BCUT2D eigenvalue weighted by molar-refractivity contribution is 0.0240. The average molecular weight is 215 g/mol. The molecule has 0 radical (unpaired) electrons. The molecular formula is C12H25NO2. The molecule has 0 aromatic carbocycles. The number of rotatable bonds is 6. The summed E-state index contributed by atoms with van der Waals surface area (Å²) in [4.78, 5) is 2.48. The normalized spacial score (nSPS) is 28.2. The second kappa shape index (κ2) is 7.20. The highest BCUT2D eigenvalue weighted by Gasteiger charge is 2.25. The van der Waals surface area contributed by atoms with Crippen molar-refractivity contribution in [1.82, 2.24) is 4.90 Å². The number of methoxy groups -OCH3 is 1. The zero-order chi connectivity index (χ0) is 11.1. The van der Waals surface area contributed by atoms with E-state index in [1.165, 1.54) is 6.42 Å². The Morgan fingerprint density at radius 3 is 2.87 bits per heavy atom. The van der Waals surface area contributed by atoms with Crippen LogP contribution in [0.25, 0.3) is 0 Å². The highest BCUT2D eigenvalue weighted by molar-refractivity contribution is 4.78. The maximum absolute atomic E-state index is 9.75. The van der Waals surface area contributed by atoms with E-state index in [1.54, 1.807) is 7.11 Å². The molecule has 0 aliphatic carbocycles. The van der Waals surface area contributed by atoms with E-state index in [1.807, 2.05) is 0 Å². The quantitative estimate of drug-likeness (QED) is 0.682. The Bertz CT molecular complexity index is 164. The van der Waals surface area contributed by atoms with Gasteiger partial charge >= 0.3 is 0 Å². The van der Waals surface area contributed by atoms with E-state index in [-0.39, 0.29) is 6.10 Å². The van der Waals surface area contributed by atoms with Crippen LogP contribution in [0.5, 0.6) is 0 Å². The molecule has 3 heteroatoms. The number of ether oxygens (including phenoxy) is 1. The molecule has 0 saturated carbocycles. The van der Waals surface area contributed by atoms with Crippen molar-refractivity contribution in [2.45, 2.75) is 38.7 Å². The van der Waals surface area contributed by atoms with Gasteiger partial charge in [0.1, 0.15) is 0 Å². The Morgan fingerprint density at radius 1 is 1.40 bits per heavy atom. The lowest BCUT2D eigenvalue weighted by atomic mass is 9.92. The second-order valence-electron chi connectivity index (χ2n) is 4.52. The lowest BCUT2D eigenvalue weighted by Gasteiger charge is -2.35. The number of aliphatic hydroxyl groups is 1. The molecule has 0 amide bonds. The molecule has 2 unspecified atom stereocenters. The maximum atomic E-state index is 9.75. The first kappa shape index (κ1) is 12.9. The number of likely N-dealkylation sites (tertiary alicyclic amines) is 1. The van der Waals surface area contributed by atoms with Gasteiger partial charge in [-0.25, -0.2) is 0 Å². The number of nitrogens with zero attached hydrogens (tertiary/aromatic N) is 1. The smallest absolute Gasteiger partial charge is 0.0592 e. The molecule has 1 aliphatic rings. The third kappa shape index (κ3) is 4.49. The standard InChI is InChI=1S/C12H25NO2/c1-3-11-10-13(8-6-12(11)14)7-4-5-9-15-2/h11-12,14H,3-10H2,1-2H3. The van der Waals surface area contributed by atoms with Crippen LogP contribution in [-0.2, 0) is 4.74 Å². The number of piperidine rings is 1. The summed E-state index contributed by atoms with van der Waals surface area (Å²) < 4.78 is 5.03. The lowest BCUT2D eigenvalue weighted by Crippen LogP contribution is -2.43. The maximum Gasteiger partial charge on any atom is 0.0592 e. The minimum atomic E-state index is -0.0646. The number of hydrogen-bond donors (Lipinski definition) is 1. The summed E-state index contributed by atoms with van der Waals surface area (Å²) in [5.74, 6) is 0.487. The van der Waals surface area contributed by atoms with Crippen molar-refractivity contribution in [3.8, 4) is 0 Å². The molecule has 1 N–H and O–H groups in total. The van der Waals surface area contributed by atoms with Crippen molar-refractivity contribution >= 4 is 0 Å². The van der Waals surface area contributed by atoms with Gasteiger partial charge in [0.2, 0.25) is 0 Å². The summed E-state index contributed by atoms with van der Waals surface area (Å²) in [5, 5.41) is 9.75. The molecule has 90 valence electrons. The van der Waals surface area contributed by atoms with E-state index in [9.17, 15) is 5.11 Å². The monoisotopic (exact) mass is 215 g/mol. The second-order valence-corrected chi connectivity index (χ2v) is 4.52. The molecular weight excluding hydrogens is 190 g/mol. The van der Waals surface area contributed by atoms with Crippen molar-refractivity contribution in [3.63, 3.8) is 0 Å². The summed E-state index contributed by atoms with van der Waals surface area (Å²) >= 11 is 0. The predicted octanol–water partition coefficient (Wildman–Crippen LogP) is 1.51. The molecule has 0 bridgehead atoms. The zero-order valence-corrected chi connectivity index (χ0v) is 10.1. The molecule has 15 heavy (non-hydrogen) atoms. The molecule has 2 atom stereocenters. The van der Waals surface area contributed by atoms with Gasteiger partial charge in [-0.05, 0) is 38.1 Å². The topological polar surface area (TPSA) is 32.7 Å². The number of aliphatic hydroxyl groups excluding tert-OH is 1. The van der Waals surface area contributed by atoms with E-state index in [2.05, 4.69) is 11.8 Å². The summed E-state index contributed by atoms with van der Waals surface area (Å²) in [7, 11) is 1.75. The van der Waals surface area contributed by atoms with Crippen molar-refractivity contribution < 1.29 is 9.84 Å². The highest BCUT2D eigenvalue weighted by atomic mass is 16.5. The van der Waals surface area contributed by atoms with Crippen LogP contribution in [0.2, 0.25) is 0 Å². The molecule has 1 heterocycles. The molecule has 1 aliphatic heterocycles. The van der Waals surface area contributed by atoms with Crippen molar-refractivity contribution in [1.29, 1.82) is 0 Å². The minimum Gasteiger partial charge on any atom is -0.393 e. The summed E-state index contributed by atoms with van der Waals surface area (Å²) in [6.45, 7) is 6.33.